The van der Waals surface area contributed by atoms with Crippen molar-refractivity contribution in [2.45, 2.75) is 335 Å². The smallest absolute Gasteiger partial charge is 0.269 e. The third kappa shape index (κ3) is 18.6. The Morgan fingerprint density at radius 2 is 0.852 bits per heavy atom. The number of nitrogens with zero attached hydrogens (tertiary/aromatic N) is 10. The van der Waals surface area contributed by atoms with Crippen LogP contribution < -0.4 is 26.2 Å². The molecule has 0 radical (unpaired) electrons. The number of nitrogens with two attached hydrogens (primary N) is 1. The van der Waals surface area contributed by atoms with E-state index in [1.54, 1.807) is 0 Å². The zero-order chi connectivity index (χ0) is 102. The van der Waals surface area contributed by atoms with Crippen molar-refractivity contribution in [2.24, 2.45) is 159 Å². The van der Waals surface area contributed by atoms with Crippen molar-refractivity contribution in [1.82, 2.24) is 35.4 Å². The van der Waals surface area contributed by atoms with Crippen LogP contribution in [0, 0.1) is 179 Å². The highest BCUT2D eigenvalue weighted by Gasteiger charge is 2.76. The molecule has 8 heterocycles. The fraction of sp³-hybridized carbons (Fsp3) is 0.783. The van der Waals surface area contributed by atoms with Crippen LogP contribution in [0.4, 0.5) is 33.1 Å². The quantitative estimate of drug-likeness (QED) is 0.0399. The third-order valence-corrected chi connectivity index (χ3v) is 50.0. The maximum atomic E-state index is 12.7. The first-order valence-electron chi connectivity index (χ1n) is 55.5. The number of piperidine rings is 3. The summed E-state index contributed by atoms with van der Waals surface area (Å²) < 4.78 is 57.8. The molecule has 20 rings (SSSR count). The van der Waals surface area contributed by atoms with Gasteiger partial charge < -0.3 is 55.2 Å². The Kier molecular flexibility index (Phi) is 31.4. The van der Waals surface area contributed by atoms with Crippen molar-refractivity contribution < 1.29 is 30.8 Å². The van der Waals surface area contributed by atoms with Gasteiger partial charge in [0.2, 0.25) is 11.6 Å². The van der Waals surface area contributed by atoms with E-state index < -0.39 is 25.6 Å². The number of carbonyl (C=O) groups is 2. The molecule has 4 N–H and O–H groups in total. The number of pyridine rings is 3. The molecule has 0 amide bonds. The Morgan fingerprint density at radius 1 is 0.451 bits per heavy atom. The highest BCUT2D eigenvalue weighted by atomic mass is 32.2. The van der Waals surface area contributed by atoms with Gasteiger partial charge in [0.1, 0.15) is 25.0 Å². The molecule has 0 bridgehead atoms. The largest absolute Gasteiger partial charge is 0.363 e. The number of aromatic nitrogens is 3. The Morgan fingerprint density at radius 3 is 1.24 bits per heavy atom. The minimum absolute atomic E-state index is 0. The van der Waals surface area contributed by atoms with Crippen LogP contribution in [-0.4, -0.2) is 172 Å². The second-order valence-corrected chi connectivity index (χ2v) is 57.8. The molecule has 784 valence electrons. The molecule has 12 aliphatic carbocycles. The van der Waals surface area contributed by atoms with Crippen LogP contribution >= 0.6 is 0 Å². The van der Waals surface area contributed by atoms with Crippen LogP contribution in [-0.2, 0) is 29.3 Å². The first kappa shape index (κ1) is 110. The number of fused-ring (bicyclic) bond motifs is 21. The van der Waals surface area contributed by atoms with Gasteiger partial charge in [-0.15, -0.1) is 9.97 Å². The average molecular weight is 1990 g/mol. The van der Waals surface area contributed by atoms with Gasteiger partial charge in [-0.2, -0.15) is 4.39 Å². The third-order valence-electron chi connectivity index (χ3n) is 46.7. The van der Waals surface area contributed by atoms with Gasteiger partial charge in [0.15, 0.2) is 19.7 Å². The van der Waals surface area contributed by atoms with E-state index >= 15 is 0 Å². The molecule has 142 heavy (non-hydrogen) atoms. The molecule has 0 aromatic carbocycles. The summed E-state index contributed by atoms with van der Waals surface area (Å²) in [6, 6.07) is 10.5. The Bertz CT molecular complexity index is 5430. The summed E-state index contributed by atoms with van der Waals surface area (Å²) in [5.74, 6) is 11.4. The lowest BCUT2D eigenvalue weighted by molar-refractivity contribution is -0.227. The first-order valence-corrected chi connectivity index (χ1v) is 59.2. The standard InChI is InChI=1S/C42H65N5O2S.C35H49N3O.C29H47NO.C7H16N2O2S.C6H3FN2.CH4/c1-30(2)32-14-17-42(29-44-21-9-22-46-24-26-50(48,49)27-25-46)19-18-40(6)33(37(32)42)11-12-35-39(5)20-23-47(31-10-13-36(43-8)45-28-31)38(3,4)34(39)15-16-41(35,40)7;1-23(2)25-13-16-35(22-39)18-17-33(6)26(30(25)35)10-11-28-32(5)19-20-38(24-9-12-29(36-8)37-21-24)31(3,4)27(32)14-15-34(28,33)7;1-19(2)20-10-13-29(18-31)15-14-27(6)21(24(20)29)8-9-23-26(5)16-17-30-25(3,4)22(26)11-12-28(23,27)7;8-2-1-3-9-4-6-12(10,11)7-5-9;1-8-5-2-3-6(7)9-4-5;/h10,13,28,32-35,37,44H,1,9,11-12,14-27,29H2,2-7H3;9,12,21-22,25-28,30H,1,10-11,13-20H2,2-7H3;18,20-24,30H,1,8-17H2,2-7H3;1-8H2;2-4H;1H4/t32-,33+,34-,35+,37+,39-,40+,41+,42+;25-,26+,27-,28+,30+,32-,33+,34+,35+;20-,21+,22-,23+,24+,26-,27+,28+,29+;;;/m000.../s1. The fourth-order valence-corrected chi connectivity index (χ4v) is 41.6. The van der Waals surface area contributed by atoms with Crippen LogP contribution in [0.1, 0.15) is 318 Å². The second kappa shape index (κ2) is 40.5. The van der Waals surface area contributed by atoms with Crippen molar-refractivity contribution in [3.05, 3.63) is 132 Å². The maximum absolute atomic E-state index is 12.7. The van der Waals surface area contributed by atoms with Crippen molar-refractivity contribution in [3.8, 4) is 0 Å². The molecule has 27 atom stereocenters. The molecular formula is C120H184FN13O6S2. The number of sulfone groups is 2. The summed E-state index contributed by atoms with van der Waals surface area (Å²) in [7, 11) is -5.53. The maximum Gasteiger partial charge on any atom is 0.269 e. The minimum Gasteiger partial charge on any atom is -0.363 e. The van der Waals surface area contributed by atoms with Crippen molar-refractivity contribution in [1.29, 1.82) is 0 Å². The van der Waals surface area contributed by atoms with Gasteiger partial charge in [-0.1, -0.05) is 125 Å². The zero-order valence-corrected chi connectivity index (χ0v) is 91.8. The molecule has 3 aromatic heterocycles. The predicted molar refractivity (Wildman–Crippen MR) is 578 cm³/mol. The number of nitrogens with one attached hydrogen (secondary N) is 2. The first-order chi connectivity index (χ1) is 66.4. The van der Waals surface area contributed by atoms with E-state index in [9.17, 15) is 30.8 Å². The van der Waals surface area contributed by atoms with Crippen LogP contribution in [0.15, 0.2) is 91.4 Å². The SMILES string of the molecule is C.C=C(C)[C@@H]1CC[C@]2(C=O)CC[C@]3(C)[C@H](CC[C@@H]4[C@@]5(C)CCNC(C)(C)[C@@H]5CC[C@]43C)[C@@H]12.NCCCN1CCS(=O)(=O)CC1.[C-]#[N+]c1ccc(F)nc1.[C-]#[N+]c1ccc(N2CC[C@]3(C)[C@H]4CC[C@@H]5[C@H]6[C@H](C(=C)C)CC[C@]6(C=O)CC[C@@]5(C)[C@]4(C)CC[C@H]3C2(C)C)cn1.[C-]#[N+]c1ccc(N2CC[C@]3(C)[C@H]4CC[C@@H]5[C@H]6[C@H](C(=C)C)CC[C@]6(CNCCCN6CCS(=O)(=O)CC6)CC[C@@]5(C)[C@]4(C)CC[C@H]3C2(C)C)cn1. The predicted octanol–water partition coefficient (Wildman–Crippen LogP) is 25.1. The molecular weight excluding hydrogens is 1800 g/mol. The van der Waals surface area contributed by atoms with E-state index in [4.69, 9.17) is 25.5 Å². The molecule has 19 nitrogen and oxygen atoms in total. The Hall–Kier alpha value is -6.29. The highest BCUT2D eigenvalue weighted by Crippen LogP contribution is 2.81. The lowest BCUT2D eigenvalue weighted by Gasteiger charge is -2.73. The topological polar surface area (TPSA) is 217 Å². The zero-order valence-electron chi connectivity index (χ0n) is 90.1. The summed E-state index contributed by atoms with van der Waals surface area (Å²) in [5, 5.41) is 7.85. The molecule has 5 aliphatic heterocycles. The van der Waals surface area contributed by atoms with Crippen LogP contribution in [0.5, 0.6) is 0 Å². The van der Waals surface area contributed by atoms with Crippen molar-refractivity contribution >= 4 is 60.9 Å². The van der Waals surface area contributed by atoms with E-state index in [0.29, 0.717) is 187 Å². The molecule has 22 heteroatoms. The van der Waals surface area contributed by atoms with Gasteiger partial charge in [-0.3, -0.25) is 0 Å². The molecule has 0 unspecified atom stereocenters. The number of aldehydes is 2. The van der Waals surface area contributed by atoms with Gasteiger partial charge >= 0.3 is 0 Å². The van der Waals surface area contributed by atoms with Gasteiger partial charge in [-0.05, 0) is 454 Å². The summed E-state index contributed by atoms with van der Waals surface area (Å²) in [6.07, 6.45) is 44.0. The normalized spacial score (nSPS) is 42.1. The highest BCUT2D eigenvalue weighted by molar-refractivity contribution is 7.91. The number of anilines is 2. The van der Waals surface area contributed by atoms with Crippen molar-refractivity contribution in [2.75, 3.05) is 111 Å². The number of halogens is 1. The van der Waals surface area contributed by atoms with Gasteiger partial charge in [0.25, 0.3) is 11.6 Å². The Balaban J connectivity index is 0.000000147. The lowest BCUT2D eigenvalue weighted by Crippen LogP contribution is -2.70. The second-order valence-electron chi connectivity index (χ2n) is 53.2. The molecule has 17 aliphatic rings. The summed E-state index contributed by atoms with van der Waals surface area (Å²) >= 11 is 0. The molecule has 5 saturated heterocycles. The lowest BCUT2D eigenvalue weighted by atomic mass is 9.33. The number of carbonyl (C=O) groups excluding carboxylic acids is 2. The number of hydrogen-bond acceptors (Lipinski definition) is 16. The summed E-state index contributed by atoms with van der Waals surface area (Å²) in [4.78, 5) is 57.2. The monoisotopic (exact) mass is 1990 g/mol. The van der Waals surface area contributed by atoms with Gasteiger partial charge in [-0.25, -0.2) is 26.7 Å². The molecule has 12 saturated carbocycles. The number of allylic oxidation sites excluding steroid dienone is 3. The minimum atomic E-state index is -2.82. The van der Waals surface area contributed by atoms with E-state index in [1.807, 2.05) is 24.5 Å². The van der Waals surface area contributed by atoms with Crippen LogP contribution in [0.25, 0.3) is 14.5 Å². The number of rotatable bonds is 16. The summed E-state index contributed by atoms with van der Waals surface area (Å²) in [5.41, 5.74) is 15.7. The van der Waals surface area contributed by atoms with E-state index in [1.165, 1.54) is 195 Å². The number of hydrogen-bond donors (Lipinski definition) is 3. The molecule has 17 fully saturated rings. The van der Waals surface area contributed by atoms with Gasteiger partial charge in [0.05, 0.1) is 41.0 Å². The Labute approximate surface area is 858 Å². The molecule has 0 spiro atoms. The van der Waals surface area contributed by atoms with E-state index in [2.05, 4.69) is 216 Å². The van der Waals surface area contributed by atoms with E-state index in [0.717, 1.165) is 120 Å². The van der Waals surface area contributed by atoms with Crippen LogP contribution in [0.3, 0.4) is 0 Å². The van der Waals surface area contributed by atoms with Crippen molar-refractivity contribution in [3.63, 3.8) is 0 Å². The van der Waals surface area contributed by atoms with Crippen LogP contribution in [0.2, 0.25) is 0 Å². The van der Waals surface area contributed by atoms with Gasteiger partial charge in [0, 0.05) is 79.5 Å². The van der Waals surface area contributed by atoms with E-state index in [-0.39, 0.29) is 40.3 Å². The fourth-order valence-electron chi connectivity index (χ4n) is 39.1. The average Bonchev–Trinajstić information content (AvgIpc) is 1.19. The molecule has 3 aromatic rings. The summed E-state index contributed by atoms with van der Waals surface area (Å²) in [6.45, 7) is 91.1.